The van der Waals surface area contributed by atoms with E-state index in [1.807, 2.05) is 0 Å². The summed E-state index contributed by atoms with van der Waals surface area (Å²) >= 11 is 0. The Kier molecular flexibility index (Phi) is 6.87. The molecule has 2 N–H and O–H groups in total. The molecule has 0 aromatic heterocycles. The highest BCUT2D eigenvalue weighted by molar-refractivity contribution is 4.94. The molecule has 0 aromatic rings. The Bertz CT molecular complexity index is 426. The average molecular weight is 365 g/mol. The number of aliphatic hydroxyl groups excluding tert-OH is 1. The molecule has 0 saturated carbocycles. The zero-order valence-electron chi connectivity index (χ0n) is 16.6. The van der Waals surface area contributed by atoms with E-state index in [1.165, 1.54) is 90.8 Å². The Morgan fingerprint density at radius 2 is 1.77 bits per heavy atom. The van der Waals surface area contributed by atoms with Gasteiger partial charge in [-0.15, -0.1) is 0 Å². The van der Waals surface area contributed by atoms with Crippen LogP contribution in [0.2, 0.25) is 0 Å². The van der Waals surface area contributed by atoms with E-state index in [9.17, 15) is 5.11 Å². The minimum atomic E-state index is 0.343. The Balaban J connectivity index is 1.35. The highest BCUT2D eigenvalue weighted by atomic mass is 16.3. The topological polar surface area (TPSA) is 42.0 Å². The van der Waals surface area contributed by atoms with Gasteiger partial charge in [0.15, 0.2) is 0 Å². The van der Waals surface area contributed by atoms with Gasteiger partial charge in [0.1, 0.15) is 0 Å². The van der Waals surface area contributed by atoms with Gasteiger partial charge < -0.3 is 15.3 Å². The van der Waals surface area contributed by atoms with E-state index in [-0.39, 0.29) is 0 Å². The summed E-state index contributed by atoms with van der Waals surface area (Å²) in [6.07, 6.45) is 10.4. The maximum absolute atomic E-state index is 9.51. The van der Waals surface area contributed by atoms with Crippen LogP contribution >= 0.6 is 0 Å². The first-order valence-corrected chi connectivity index (χ1v) is 11.4. The van der Waals surface area contributed by atoms with Gasteiger partial charge in [0.05, 0.1) is 0 Å². The number of hydrogen-bond donors (Lipinski definition) is 2. The van der Waals surface area contributed by atoms with Crippen molar-refractivity contribution in [3.63, 3.8) is 0 Å². The molecule has 0 aliphatic carbocycles. The van der Waals surface area contributed by atoms with Gasteiger partial charge in [0.2, 0.25) is 0 Å². The van der Waals surface area contributed by atoms with Crippen LogP contribution in [0.15, 0.2) is 0 Å². The Morgan fingerprint density at radius 3 is 2.62 bits per heavy atom. The molecule has 150 valence electrons. The number of rotatable bonds is 6. The van der Waals surface area contributed by atoms with Gasteiger partial charge in [-0.2, -0.15) is 0 Å². The van der Waals surface area contributed by atoms with E-state index in [0.717, 1.165) is 24.9 Å². The molecule has 0 amide bonds. The number of aliphatic hydroxyl groups is 1. The lowest BCUT2D eigenvalue weighted by atomic mass is 9.87. The summed E-state index contributed by atoms with van der Waals surface area (Å²) in [6.45, 7) is 10.5. The molecule has 0 bridgehead atoms. The van der Waals surface area contributed by atoms with E-state index < -0.39 is 0 Å². The second kappa shape index (κ2) is 9.33. The van der Waals surface area contributed by atoms with Gasteiger partial charge in [0.25, 0.3) is 0 Å². The van der Waals surface area contributed by atoms with E-state index in [0.29, 0.717) is 18.7 Å². The van der Waals surface area contributed by atoms with Crippen LogP contribution < -0.4 is 5.32 Å². The molecule has 4 heterocycles. The fraction of sp³-hybridized carbons (Fsp3) is 1.00. The van der Waals surface area contributed by atoms with E-state index in [4.69, 9.17) is 0 Å². The lowest BCUT2D eigenvalue weighted by Gasteiger charge is -2.47. The third kappa shape index (κ3) is 4.44. The molecule has 0 spiro atoms. The quantitative estimate of drug-likeness (QED) is 0.745. The molecule has 5 nitrogen and oxygen atoms in total. The van der Waals surface area contributed by atoms with Gasteiger partial charge >= 0.3 is 0 Å². The molecule has 4 atom stereocenters. The van der Waals surface area contributed by atoms with Gasteiger partial charge in [-0.05, 0) is 83.6 Å². The van der Waals surface area contributed by atoms with E-state index >= 15 is 0 Å². The first-order valence-electron chi connectivity index (χ1n) is 11.4. The van der Waals surface area contributed by atoms with Gasteiger partial charge in [0, 0.05) is 44.4 Å². The molecule has 26 heavy (non-hydrogen) atoms. The molecule has 0 radical (unpaired) electrons. The number of nitrogens with one attached hydrogen (secondary N) is 1. The van der Waals surface area contributed by atoms with Crippen molar-refractivity contribution >= 4 is 0 Å². The van der Waals surface area contributed by atoms with Gasteiger partial charge in [-0.1, -0.05) is 6.42 Å². The monoisotopic (exact) mass is 364 g/mol. The summed E-state index contributed by atoms with van der Waals surface area (Å²) in [6, 6.07) is 2.11. The zero-order chi connectivity index (χ0) is 17.8. The number of hydrogen-bond acceptors (Lipinski definition) is 5. The first kappa shape index (κ1) is 19.1. The summed E-state index contributed by atoms with van der Waals surface area (Å²) in [5.41, 5.74) is 0. The molecule has 0 aromatic carbocycles. The summed E-state index contributed by atoms with van der Waals surface area (Å²) in [5.74, 6) is 0.799. The standard InChI is InChI=1S/C21H40N4O/c26-14-8-19-5-1-2-12-25(19)21-15-22-9-6-18(21)16-23-13-7-20(17-23)24-10-3-4-11-24/h18-22,26H,1-17H2. The van der Waals surface area contributed by atoms with Crippen LogP contribution in [-0.2, 0) is 0 Å². The summed E-state index contributed by atoms with van der Waals surface area (Å²) in [5, 5.41) is 13.2. The Labute approximate surface area is 160 Å². The second-order valence-electron chi connectivity index (χ2n) is 9.17. The lowest BCUT2D eigenvalue weighted by molar-refractivity contribution is 0.0249. The van der Waals surface area contributed by atoms with E-state index in [1.54, 1.807) is 0 Å². The van der Waals surface area contributed by atoms with Gasteiger partial charge in [-0.3, -0.25) is 9.80 Å². The van der Waals surface area contributed by atoms with E-state index in [2.05, 4.69) is 20.0 Å². The van der Waals surface area contributed by atoms with Crippen LogP contribution in [0.3, 0.4) is 0 Å². The van der Waals surface area contributed by atoms with Crippen molar-refractivity contribution in [2.75, 3.05) is 59.0 Å². The SMILES string of the molecule is OCCC1CCCCN1C1CNCCC1CN1CCC(N2CCCC2)C1. The van der Waals surface area contributed by atoms with Crippen LogP contribution in [0.5, 0.6) is 0 Å². The van der Waals surface area contributed by atoms with Crippen molar-refractivity contribution in [3.8, 4) is 0 Å². The predicted molar refractivity (Wildman–Crippen MR) is 106 cm³/mol. The van der Waals surface area contributed by atoms with Crippen molar-refractivity contribution in [2.24, 2.45) is 5.92 Å². The van der Waals surface area contributed by atoms with Crippen LogP contribution in [0.4, 0.5) is 0 Å². The van der Waals surface area contributed by atoms with Crippen LogP contribution in [0.1, 0.15) is 51.4 Å². The maximum atomic E-state index is 9.51. The lowest BCUT2D eigenvalue weighted by Crippen LogP contribution is -2.58. The zero-order valence-corrected chi connectivity index (χ0v) is 16.6. The molecule has 4 saturated heterocycles. The fourth-order valence-electron chi connectivity index (χ4n) is 6.13. The number of nitrogens with zero attached hydrogens (tertiary/aromatic N) is 3. The molecular weight excluding hydrogens is 324 g/mol. The molecular formula is C21H40N4O. The maximum Gasteiger partial charge on any atom is 0.0445 e. The minimum Gasteiger partial charge on any atom is -0.396 e. The second-order valence-corrected chi connectivity index (χ2v) is 9.17. The van der Waals surface area contributed by atoms with Crippen LogP contribution in [0.25, 0.3) is 0 Å². The molecule has 4 aliphatic rings. The Hall–Kier alpha value is -0.200. The van der Waals surface area contributed by atoms with Crippen molar-refractivity contribution in [3.05, 3.63) is 0 Å². The molecule has 4 unspecified atom stereocenters. The first-order chi connectivity index (χ1) is 12.8. The van der Waals surface area contributed by atoms with Gasteiger partial charge in [-0.25, -0.2) is 0 Å². The fourth-order valence-corrected chi connectivity index (χ4v) is 6.13. The molecule has 4 aliphatic heterocycles. The molecule has 4 rings (SSSR count). The normalized spacial score (nSPS) is 38.2. The predicted octanol–water partition coefficient (Wildman–Crippen LogP) is 1.37. The van der Waals surface area contributed by atoms with Crippen LogP contribution in [0, 0.1) is 5.92 Å². The Morgan fingerprint density at radius 1 is 0.923 bits per heavy atom. The third-order valence-electron chi connectivity index (χ3n) is 7.55. The summed E-state index contributed by atoms with van der Waals surface area (Å²) in [4.78, 5) is 8.31. The third-order valence-corrected chi connectivity index (χ3v) is 7.55. The average Bonchev–Trinajstić information content (AvgIpc) is 3.35. The van der Waals surface area contributed by atoms with Crippen LogP contribution in [-0.4, -0.2) is 96.9 Å². The number of piperidine rings is 2. The summed E-state index contributed by atoms with van der Waals surface area (Å²) < 4.78 is 0. The largest absolute Gasteiger partial charge is 0.396 e. The highest BCUT2D eigenvalue weighted by Gasteiger charge is 2.37. The number of likely N-dealkylation sites (tertiary alicyclic amines) is 3. The smallest absolute Gasteiger partial charge is 0.0445 e. The molecule has 5 heteroatoms. The van der Waals surface area contributed by atoms with Crippen molar-refractivity contribution in [1.29, 1.82) is 0 Å². The summed E-state index contributed by atoms with van der Waals surface area (Å²) in [7, 11) is 0. The molecule has 4 fully saturated rings. The van der Waals surface area contributed by atoms with Crippen molar-refractivity contribution < 1.29 is 5.11 Å². The highest BCUT2D eigenvalue weighted by Crippen LogP contribution is 2.29. The van der Waals surface area contributed by atoms with Crippen molar-refractivity contribution in [2.45, 2.75) is 69.5 Å². The minimum absolute atomic E-state index is 0.343. The van der Waals surface area contributed by atoms with Crippen molar-refractivity contribution in [1.82, 2.24) is 20.0 Å².